The smallest absolute Gasteiger partial charge is 0.144 e. The van der Waals surface area contributed by atoms with E-state index in [0.717, 1.165) is 37.3 Å². The number of nitrogens with zero attached hydrogens (tertiary/aromatic N) is 3. The van der Waals surface area contributed by atoms with Gasteiger partial charge in [0.1, 0.15) is 11.6 Å². The number of hydrogen-bond acceptors (Lipinski definition) is 2. The Hall–Kier alpha value is -0.840. The molecule has 2 aromatic rings. The Morgan fingerprint density at radius 2 is 2.19 bits per heavy atom. The third-order valence-corrected chi connectivity index (χ3v) is 4.56. The van der Waals surface area contributed by atoms with E-state index in [4.69, 9.17) is 23.2 Å². The van der Waals surface area contributed by atoms with Crippen molar-refractivity contribution in [3.63, 3.8) is 0 Å². The van der Waals surface area contributed by atoms with E-state index in [1.54, 1.807) is 6.07 Å². The van der Waals surface area contributed by atoms with Crippen molar-refractivity contribution in [2.75, 3.05) is 20.1 Å². The number of likely N-dealkylation sites (tertiary alicyclic amines) is 1. The molecule has 0 saturated carbocycles. The van der Waals surface area contributed by atoms with Gasteiger partial charge in [0, 0.05) is 18.7 Å². The Morgan fingerprint density at radius 1 is 1.43 bits per heavy atom. The number of piperidine rings is 1. The van der Waals surface area contributed by atoms with E-state index in [1.807, 2.05) is 6.92 Å². The van der Waals surface area contributed by atoms with Gasteiger partial charge >= 0.3 is 0 Å². The third-order valence-electron chi connectivity index (χ3n) is 4.08. The van der Waals surface area contributed by atoms with Crippen LogP contribution in [0.5, 0.6) is 0 Å². The van der Waals surface area contributed by atoms with Gasteiger partial charge < -0.3 is 9.47 Å². The Kier molecular flexibility index (Phi) is 4.12. The van der Waals surface area contributed by atoms with Crippen LogP contribution in [0.15, 0.2) is 12.1 Å². The van der Waals surface area contributed by atoms with Crippen LogP contribution in [-0.4, -0.2) is 34.6 Å². The number of aromatic nitrogens is 2. The first-order valence-electron chi connectivity index (χ1n) is 7.17. The Labute approximate surface area is 133 Å². The molecule has 1 fully saturated rings. The molecule has 0 aliphatic carbocycles. The summed E-state index contributed by atoms with van der Waals surface area (Å²) in [7, 11) is 2.11. The molecule has 2 unspecified atom stereocenters. The van der Waals surface area contributed by atoms with Gasteiger partial charge in [-0.05, 0) is 39.4 Å². The molecule has 6 heteroatoms. The Bertz CT molecular complexity index is 668. The summed E-state index contributed by atoms with van der Waals surface area (Å²) in [5.41, 5.74) is 1.48. The first-order valence-corrected chi connectivity index (χ1v) is 7.98. The molecule has 2 atom stereocenters. The zero-order chi connectivity index (χ0) is 15.1. The van der Waals surface area contributed by atoms with E-state index in [2.05, 4.69) is 21.5 Å². The highest BCUT2D eigenvalue weighted by atomic mass is 35.5. The maximum absolute atomic E-state index is 13.7. The lowest BCUT2D eigenvalue weighted by atomic mass is 10.1. The number of halogens is 3. The van der Waals surface area contributed by atoms with Gasteiger partial charge in [-0.15, -0.1) is 11.6 Å². The van der Waals surface area contributed by atoms with E-state index in [1.165, 1.54) is 6.07 Å². The van der Waals surface area contributed by atoms with Crippen LogP contribution < -0.4 is 0 Å². The molecule has 2 heterocycles. The topological polar surface area (TPSA) is 21.1 Å². The van der Waals surface area contributed by atoms with Crippen LogP contribution in [-0.2, 0) is 0 Å². The van der Waals surface area contributed by atoms with Crippen molar-refractivity contribution in [1.82, 2.24) is 14.5 Å². The molecular formula is C15H18Cl2FN3. The Morgan fingerprint density at radius 3 is 2.86 bits per heavy atom. The fourth-order valence-electron chi connectivity index (χ4n) is 3.12. The first-order chi connectivity index (χ1) is 9.97. The highest BCUT2D eigenvalue weighted by Crippen LogP contribution is 2.33. The molecule has 3 rings (SSSR count). The summed E-state index contributed by atoms with van der Waals surface area (Å²) in [4.78, 5) is 6.83. The lowest BCUT2D eigenvalue weighted by Gasteiger charge is -2.32. The first kappa shape index (κ1) is 15.1. The van der Waals surface area contributed by atoms with Gasteiger partial charge in [0.2, 0.25) is 0 Å². The number of rotatable bonds is 2. The van der Waals surface area contributed by atoms with Crippen molar-refractivity contribution in [3.05, 3.63) is 28.8 Å². The van der Waals surface area contributed by atoms with Gasteiger partial charge in [-0.1, -0.05) is 11.6 Å². The van der Waals surface area contributed by atoms with E-state index in [9.17, 15) is 4.39 Å². The fraction of sp³-hybridized carbons (Fsp3) is 0.533. The molecule has 0 radical (unpaired) electrons. The summed E-state index contributed by atoms with van der Waals surface area (Å²) >= 11 is 12.2. The van der Waals surface area contributed by atoms with Gasteiger partial charge in [-0.2, -0.15) is 0 Å². The van der Waals surface area contributed by atoms with Crippen molar-refractivity contribution in [3.8, 4) is 0 Å². The standard InChI is InChI=1S/C15H18Cl2FN3/c1-9(16)15-19-13-7-12(18)11(17)6-14(13)21(15)10-4-3-5-20(2)8-10/h6-7,9-10H,3-5,8H2,1-2H3. The van der Waals surface area contributed by atoms with Crippen molar-refractivity contribution < 1.29 is 4.39 Å². The predicted molar refractivity (Wildman–Crippen MR) is 84.7 cm³/mol. The molecule has 114 valence electrons. The highest BCUT2D eigenvalue weighted by Gasteiger charge is 2.25. The van der Waals surface area contributed by atoms with Gasteiger partial charge in [0.25, 0.3) is 0 Å². The monoisotopic (exact) mass is 329 g/mol. The van der Waals surface area contributed by atoms with Crippen molar-refractivity contribution >= 4 is 34.2 Å². The molecule has 0 bridgehead atoms. The van der Waals surface area contributed by atoms with Gasteiger partial charge in [-0.25, -0.2) is 9.37 Å². The number of alkyl halides is 1. The summed E-state index contributed by atoms with van der Waals surface area (Å²) in [6, 6.07) is 3.35. The lowest BCUT2D eigenvalue weighted by molar-refractivity contribution is 0.212. The van der Waals surface area contributed by atoms with Crippen molar-refractivity contribution in [2.45, 2.75) is 31.2 Å². The minimum Gasteiger partial charge on any atom is -0.322 e. The summed E-state index contributed by atoms with van der Waals surface area (Å²) in [6.45, 7) is 3.94. The van der Waals surface area contributed by atoms with Gasteiger partial charge in [0.05, 0.1) is 21.4 Å². The van der Waals surface area contributed by atoms with Gasteiger partial charge in [-0.3, -0.25) is 0 Å². The quantitative estimate of drug-likeness (QED) is 0.761. The zero-order valence-electron chi connectivity index (χ0n) is 12.1. The molecule has 1 aromatic carbocycles. The number of hydrogen-bond donors (Lipinski definition) is 0. The average Bonchev–Trinajstić information content (AvgIpc) is 2.78. The second-order valence-corrected chi connectivity index (χ2v) is 6.83. The fourth-order valence-corrected chi connectivity index (χ4v) is 3.44. The molecule has 0 N–H and O–H groups in total. The van der Waals surface area contributed by atoms with Crippen LogP contribution in [0, 0.1) is 5.82 Å². The molecule has 1 aliphatic rings. The normalized spacial score (nSPS) is 21.9. The van der Waals surface area contributed by atoms with E-state index < -0.39 is 5.82 Å². The van der Waals surface area contributed by atoms with Crippen LogP contribution in [0.4, 0.5) is 4.39 Å². The second-order valence-electron chi connectivity index (χ2n) is 5.77. The molecule has 3 nitrogen and oxygen atoms in total. The molecular weight excluding hydrogens is 312 g/mol. The van der Waals surface area contributed by atoms with E-state index >= 15 is 0 Å². The van der Waals surface area contributed by atoms with Crippen LogP contribution in [0.25, 0.3) is 11.0 Å². The molecule has 1 aromatic heterocycles. The van der Waals surface area contributed by atoms with Crippen LogP contribution in [0.1, 0.15) is 37.0 Å². The summed E-state index contributed by atoms with van der Waals surface area (Å²) in [6.07, 6.45) is 2.20. The molecule has 21 heavy (non-hydrogen) atoms. The maximum atomic E-state index is 13.7. The molecule has 0 spiro atoms. The molecule has 1 aliphatic heterocycles. The third kappa shape index (κ3) is 2.77. The number of imidazole rings is 1. The Balaban J connectivity index is 2.17. The number of benzene rings is 1. The minimum atomic E-state index is -0.441. The maximum Gasteiger partial charge on any atom is 0.144 e. The van der Waals surface area contributed by atoms with E-state index in [-0.39, 0.29) is 10.4 Å². The molecule has 1 saturated heterocycles. The zero-order valence-corrected chi connectivity index (χ0v) is 13.6. The van der Waals surface area contributed by atoms with Crippen LogP contribution in [0.2, 0.25) is 5.02 Å². The predicted octanol–water partition coefficient (Wildman–Crippen LogP) is 4.40. The average molecular weight is 330 g/mol. The summed E-state index contributed by atoms with van der Waals surface area (Å²) in [5.74, 6) is 0.344. The van der Waals surface area contributed by atoms with Crippen molar-refractivity contribution in [2.24, 2.45) is 0 Å². The SMILES string of the molecule is CC(Cl)c1nc2cc(F)c(Cl)cc2n1C1CCCN(C)C1. The van der Waals surface area contributed by atoms with Gasteiger partial charge in [0.15, 0.2) is 0 Å². The van der Waals surface area contributed by atoms with Crippen LogP contribution in [0.3, 0.4) is 0 Å². The summed E-state index contributed by atoms with van der Waals surface area (Å²) < 4.78 is 15.8. The lowest BCUT2D eigenvalue weighted by Crippen LogP contribution is -2.34. The van der Waals surface area contributed by atoms with Crippen LogP contribution >= 0.6 is 23.2 Å². The van der Waals surface area contributed by atoms with E-state index in [0.29, 0.717) is 11.6 Å². The van der Waals surface area contributed by atoms with Crippen molar-refractivity contribution in [1.29, 1.82) is 0 Å². The second kappa shape index (κ2) is 5.75. The molecule has 0 amide bonds. The largest absolute Gasteiger partial charge is 0.322 e. The minimum absolute atomic E-state index is 0.126. The number of likely N-dealkylation sites (N-methyl/N-ethyl adjacent to an activating group) is 1. The summed E-state index contributed by atoms with van der Waals surface area (Å²) in [5, 5.41) is -0.104. The highest BCUT2D eigenvalue weighted by molar-refractivity contribution is 6.31. The number of fused-ring (bicyclic) bond motifs is 1.